The van der Waals surface area contributed by atoms with Gasteiger partial charge in [-0.05, 0) is 12.8 Å². The highest BCUT2D eigenvalue weighted by atomic mass is 32.1. The van der Waals surface area contributed by atoms with Crippen LogP contribution in [0.3, 0.4) is 0 Å². The van der Waals surface area contributed by atoms with Gasteiger partial charge in [0.25, 0.3) is 0 Å². The van der Waals surface area contributed by atoms with E-state index in [2.05, 4.69) is 31.1 Å². The lowest BCUT2D eigenvalue weighted by Crippen LogP contribution is -2.29. The molecule has 0 aliphatic carbocycles. The van der Waals surface area contributed by atoms with Crippen molar-refractivity contribution in [2.75, 3.05) is 13.7 Å². The Morgan fingerprint density at radius 1 is 1.44 bits per heavy atom. The lowest BCUT2D eigenvalue weighted by Gasteiger charge is -2.10. The summed E-state index contributed by atoms with van der Waals surface area (Å²) in [5.41, 5.74) is 0. The predicted octanol–water partition coefficient (Wildman–Crippen LogP) is 2.47. The average Bonchev–Trinajstić information content (AvgIpc) is 2.62. The lowest BCUT2D eigenvalue weighted by atomic mass is 10.1. The lowest BCUT2D eigenvalue weighted by molar-refractivity contribution is 0.172. The zero-order chi connectivity index (χ0) is 12.0. The van der Waals surface area contributed by atoms with Crippen LogP contribution in [0.5, 0.6) is 0 Å². The number of thiazole rings is 1. The minimum atomic E-state index is 0.389. The summed E-state index contributed by atoms with van der Waals surface area (Å²) in [6.45, 7) is 8.21. The molecular weight excluding hydrogens is 220 g/mol. The molecule has 1 unspecified atom stereocenters. The van der Waals surface area contributed by atoms with Gasteiger partial charge in [-0.2, -0.15) is 0 Å². The van der Waals surface area contributed by atoms with Gasteiger partial charge < -0.3 is 10.1 Å². The van der Waals surface area contributed by atoms with Gasteiger partial charge in [-0.3, -0.25) is 0 Å². The van der Waals surface area contributed by atoms with Crippen LogP contribution in [0.25, 0.3) is 0 Å². The summed E-state index contributed by atoms with van der Waals surface area (Å²) >= 11 is 1.81. The molecule has 16 heavy (non-hydrogen) atoms. The Hall–Kier alpha value is -0.450. The summed E-state index contributed by atoms with van der Waals surface area (Å²) in [6.07, 6.45) is 3.06. The Morgan fingerprint density at radius 2 is 2.19 bits per heavy atom. The summed E-state index contributed by atoms with van der Waals surface area (Å²) in [5.74, 6) is 0.680. The molecule has 1 atom stereocenters. The van der Waals surface area contributed by atoms with Crippen LogP contribution in [-0.4, -0.2) is 24.7 Å². The van der Waals surface area contributed by atoms with E-state index in [0.717, 1.165) is 19.6 Å². The van der Waals surface area contributed by atoms with Crippen molar-refractivity contribution in [2.45, 2.75) is 39.8 Å². The highest BCUT2D eigenvalue weighted by Crippen LogP contribution is 2.16. The predicted molar refractivity (Wildman–Crippen MR) is 68.8 cm³/mol. The molecule has 0 aromatic carbocycles. The van der Waals surface area contributed by atoms with Crippen molar-refractivity contribution in [3.05, 3.63) is 16.1 Å². The molecule has 0 amide bonds. The van der Waals surface area contributed by atoms with Crippen molar-refractivity contribution < 1.29 is 4.74 Å². The number of methoxy groups -OCH3 is 1. The van der Waals surface area contributed by atoms with E-state index >= 15 is 0 Å². The van der Waals surface area contributed by atoms with E-state index in [1.807, 2.05) is 6.20 Å². The maximum absolute atomic E-state index is 5.08. The summed E-state index contributed by atoms with van der Waals surface area (Å²) in [6, 6.07) is 0.389. The normalized spacial score (nSPS) is 13.3. The van der Waals surface area contributed by atoms with Gasteiger partial charge in [0.2, 0.25) is 0 Å². The van der Waals surface area contributed by atoms with Gasteiger partial charge in [0.15, 0.2) is 0 Å². The first kappa shape index (κ1) is 13.6. The maximum atomic E-state index is 5.08. The van der Waals surface area contributed by atoms with E-state index in [1.54, 1.807) is 18.4 Å². The highest BCUT2D eigenvalue weighted by Gasteiger charge is 2.05. The maximum Gasteiger partial charge on any atom is 0.0930 e. The van der Waals surface area contributed by atoms with Crippen molar-refractivity contribution in [1.82, 2.24) is 10.3 Å². The molecule has 0 bridgehead atoms. The Balaban J connectivity index is 2.34. The Labute approximate surface area is 102 Å². The zero-order valence-corrected chi connectivity index (χ0v) is 11.4. The number of hydrogen-bond donors (Lipinski definition) is 1. The molecule has 1 rings (SSSR count). The molecule has 0 saturated carbocycles. The minimum Gasteiger partial charge on any atom is -0.383 e. The minimum absolute atomic E-state index is 0.389. The first-order valence-corrected chi connectivity index (χ1v) is 6.59. The molecule has 1 aromatic rings. The second kappa shape index (κ2) is 6.99. The van der Waals surface area contributed by atoms with Crippen LogP contribution in [0.15, 0.2) is 6.20 Å². The molecule has 0 spiro atoms. The van der Waals surface area contributed by atoms with Gasteiger partial charge in [-0.1, -0.05) is 13.8 Å². The third-order valence-electron chi connectivity index (χ3n) is 2.23. The van der Waals surface area contributed by atoms with E-state index in [-0.39, 0.29) is 0 Å². The van der Waals surface area contributed by atoms with E-state index in [1.165, 1.54) is 9.88 Å². The van der Waals surface area contributed by atoms with Gasteiger partial charge in [0, 0.05) is 37.2 Å². The molecule has 1 aromatic heterocycles. The fourth-order valence-corrected chi connectivity index (χ4v) is 2.54. The van der Waals surface area contributed by atoms with Crippen LogP contribution in [-0.2, 0) is 17.7 Å². The number of rotatable bonds is 7. The van der Waals surface area contributed by atoms with Crippen LogP contribution < -0.4 is 5.32 Å². The molecule has 3 nitrogen and oxygen atoms in total. The van der Waals surface area contributed by atoms with Crippen LogP contribution in [0.1, 0.15) is 30.7 Å². The monoisotopic (exact) mass is 242 g/mol. The standard InChI is InChI=1S/C12H22N2OS/c1-9(2)5-12-14-7-11(16-12)6-13-10(3)8-15-4/h7,9-10,13H,5-6,8H2,1-4H3. The third-order valence-corrected chi connectivity index (χ3v) is 3.25. The van der Waals surface area contributed by atoms with Crippen molar-refractivity contribution in [2.24, 2.45) is 5.92 Å². The van der Waals surface area contributed by atoms with E-state index in [0.29, 0.717) is 12.0 Å². The molecule has 0 saturated heterocycles. The summed E-state index contributed by atoms with van der Waals surface area (Å²) in [5, 5.41) is 4.65. The largest absolute Gasteiger partial charge is 0.383 e. The molecular formula is C12H22N2OS. The first-order valence-electron chi connectivity index (χ1n) is 5.77. The van der Waals surface area contributed by atoms with Crippen molar-refractivity contribution >= 4 is 11.3 Å². The van der Waals surface area contributed by atoms with Gasteiger partial charge >= 0.3 is 0 Å². The Bertz CT molecular complexity index is 299. The molecule has 4 heteroatoms. The van der Waals surface area contributed by atoms with Crippen molar-refractivity contribution in [1.29, 1.82) is 0 Å². The van der Waals surface area contributed by atoms with Crippen molar-refractivity contribution in [3.63, 3.8) is 0 Å². The summed E-state index contributed by atoms with van der Waals surface area (Å²) in [7, 11) is 1.73. The van der Waals surface area contributed by atoms with E-state index in [4.69, 9.17) is 4.74 Å². The second-order valence-electron chi connectivity index (χ2n) is 4.56. The molecule has 0 radical (unpaired) electrons. The average molecular weight is 242 g/mol. The van der Waals surface area contributed by atoms with E-state index < -0.39 is 0 Å². The molecule has 92 valence electrons. The summed E-state index contributed by atoms with van der Waals surface area (Å²) < 4.78 is 5.08. The second-order valence-corrected chi connectivity index (χ2v) is 5.76. The molecule has 0 aliphatic rings. The van der Waals surface area contributed by atoms with Crippen LogP contribution in [0, 0.1) is 5.92 Å². The SMILES string of the molecule is COCC(C)NCc1cnc(CC(C)C)s1. The highest BCUT2D eigenvalue weighted by molar-refractivity contribution is 7.11. The zero-order valence-electron chi connectivity index (χ0n) is 10.6. The smallest absolute Gasteiger partial charge is 0.0930 e. The number of nitrogens with zero attached hydrogens (tertiary/aromatic N) is 1. The summed E-state index contributed by atoms with van der Waals surface area (Å²) in [4.78, 5) is 5.73. The topological polar surface area (TPSA) is 34.1 Å². The van der Waals surface area contributed by atoms with Crippen LogP contribution in [0.4, 0.5) is 0 Å². The van der Waals surface area contributed by atoms with Gasteiger partial charge in [-0.15, -0.1) is 11.3 Å². The number of aromatic nitrogens is 1. The van der Waals surface area contributed by atoms with Gasteiger partial charge in [-0.25, -0.2) is 4.98 Å². The molecule has 1 heterocycles. The molecule has 1 N–H and O–H groups in total. The van der Waals surface area contributed by atoms with Gasteiger partial charge in [0.1, 0.15) is 0 Å². The van der Waals surface area contributed by atoms with E-state index in [9.17, 15) is 0 Å². The Morgan fingerprint density at radius 3 is 2.81 bits per heavy atom. The first-order chi connectivity index (χ1) is 7.61. The fourth-order valence-electron chi connectivity index (χ4n) is 1.46. The Kier molecular flexibility index (Phi) is 5.95. The number of ether oxygens (including phenoxy) is 1. The molecule has 0 aliphatic heterocycles. The quantitative estimate of drug-likeness (QED) is 0.797. The van der Waals surface area contributed by atoms with Crippen LogP contribution >= 0.6 is 11.3 Å². The third kappa shape index (κ3) is 5.05. The molecule has 0 fully saturated rings. The van der Waals surface area contributed by atoms with Crippen molar-refractivity contribution in [3.8, 4) is 0 Å². The number of nitrogens with one attached hydrogen (secondary N) is 1. The fraction of sp³-hybridized carbons (Fsp3) is 0.750. The number of hydrogen-bond acceptors (Lipinski definition) is 4. The van der Waals surface area contributed by atoms with Gasteiger partial charge in [0.05, 0.1) is 11.6 Å². The van der Waals surface area contributed by atoms with Crippen LogP contribution in [0.2, 0.25) is 0 Å².